The second kappa shape index (κ2) is 6.64. The Morgan fingerprint density at radius 3 is 2.36 bits per heavy atom. The third-order valence-corrected chi connectivity index (χ3v) is 4.60. The van der Waals surface area contributed by atoms with Crippen molar-refractivity contribution >= 4 is 22.2 Å². The molecule has 3 rings (SSSR count). The van der Waals surface area contributed by atoms with Gasteiger partial charge in [0, 0.05) is 30.6 Å². The van der Waals surface area contributed by atoms with E-state index in [0.717, 1.165) is 18.4 Å². The molecule has 0 spiro atoms. The molecule has 0 fully saturated rings. The van der Waals surface area contributed by atoms with Gasteiger partial charge in [0.2, 0.25) is 0 Å². The van der Waals surface area contributed by atoms with Gasteiger partial charge in [0.15, 0.2) is 0 Å². The summed E-state index contributed by atoms with van der Waals surface area (Å²) in [6.45, 7) is 0. The zero-order valence-electron chi connectivity index (χ0n) is 13.0. The highest BCUT2D eigenvalue weighted by molar-refractivity contribution is 7.19. The van der Waals surface area contributed by atoms with Crippen LogP contribution < -0.4 is 4.90 Å². The van der Waals surface area contributed by atoms with Crippen molar-refractivity contribution in [2.75, 3.05) is 11.9 Å². The van der Waals surface area contributed by atoms with Crippen molar-refractivity contribution in [3.05, 3.63) is 54.9 Å². The van der Waals surface area contributed by atoms with E-state index in [1.54, 1.807) is 54.9 Å². The topological polar surface area (TPSA) is 46.1 Å². The van der Waals surface area contributed by atoms with Crippen molar-refractivity contribution in [1.82, 2.24) is 9.97 Å². The van der Waals surface area contributed by atoms with E-state index in [9.17, 15) is 18.0 Å². The van der Waals surface area contributed by atoms with Crippen LogP contribution >= 0.6 is 11.3 Å². The van der Waals surface area contributed by atoms with Crippen molar-refractivity contribution in [1.29, 1.82) is 0 Å². The van der Waals surface area contributed by atoms with Crippen LogP contribution in [0.15, 0.2) is 54.9 Å². The van der Waals surface area contributed by atoms with E-state index in [-0.39, 0.29) is 5.00 Å². The predicted molar refractivity (Wildman–Crippen MR) is 90.2 cm³/mol. The number of pyridine rings is 1. The molecule has 4 nitrogen and oxygen atoms in total. The van der Waals surface area contributed by atoms with E-state index < -0.39 is 12.1 Å². The smallest absolute Gasteiger partial charge is 0.297 e. The van der Waals surface area contributed by atoms with Crippen LogP contribution in [0.2, 0.25) is 0 Å². The van der Waals surface area contributed by atoms with Gasteiger partial charge in [-0.15, -0.1) is 0 Å². The molecule has 0 aliphatic heterocycles. The third kappa shape index (κ3) is 3.53. The molecule has 0 saturated carbocycles. The van der Waals surface area contributed by atoms with Gasteiger partial charge in [-0.25, -0.2) is 4.98 Å². The highest BCUT2D eigenvalue weighted by Crippen LogP contribution is 2.40. The predicted octanol–water partition coefficient (Wildman–Crippen LogP) is 4.40. The van der Waals surface area contributed by atoms with E-state index >= 15 is 0 Å². The number of hydrogen-bond donors (Lipinski definition) is 0. The highest BCUT2D eigenvalue weighted by atomic mass is 32.1. The van der Waals surface area contributed by atoms with Gasteiger partial charge in [-0.05, 0) is 12.1 Å². The lowest BCUT2D eigenvalue weighted by molar-refractivity contribution is -0.170. The number of carbonyl (C=O) groups excluding carboxylic acids is 1. The normalized spacial score (nSPS) is 11.4. The molecule has 0 atom stereocenters. The zero-order valence-corrected chi connectivity index (χ0v) is 13.8. The summed E-state index contributed by atoms with van der Waals surface area (Å²) in [6, 6.07) is 12.2. The van der Waals surface area contributed by atoms with Crippen molar-refractivity contribution < 1.29 is 18.0 Å². The van der Waals surface area contributed by atoms with Gasteiger partial charge >= 0.3 is 12.1 Å². The Morgan fingerprint density at radius 1 is 1.08 bits per heavy atom. The highest BCUT2D eigenvalue weighted by Gasteiger charge is 2.43. The summed E-state index contributed by atoms with van der Waals surface area (Å²) >= 11 is 1.01. The molecule has 2 aromatic heterocycles. The van der Waals surface area contributed by atoms with E-state index in [4.69, 9.17) is 0 Å². The van der Waals surface area contributed by atoms with Crippen molar-refractivity contribution in [2.45, 2.75) is 6.18 Å². The molecule has 0 N–H and O–H groups in total. The summed E-state index contributed by atoms with van der Waals surface area (Å²) in [7, 11) is 1.10. The van der Waals surface area contributed by atoms with E-state index in [0.29, 0.717) is 26.7 Å². The molecule has 128 valence electrons. The molecule has 25 heavy (non-hydrogen) atoms. The molecule has 8 heteroatoms. The Balaban J connectivity index is 2.13. The lowest BCUT2D eigenvalue weighted by Gasteiger charge is -2.18. The number of nitrogens with zero attached hydrogens (tertiary/aromatic N) is 3. The van der Waals surface area contributed by atoms with Crippen LogP contribution in [0.3, 0.4) is 0 Å². The van der Waals surface area contributed by atoms with Gasteiger partial charge in [0.05, 0.1) is 0 Å². The van der Waals surface area contributed by atoms with Gasteiger partial charge in [0.25, 0.3) is 0 Å². The first-order valence-electron chi connectivity index (χ1n) is 7.19. The van der Waals surface area contributed by atoms with Crippen molar-refractivity contribution in [3.8, 4) is 21.8 Å². The minimum atomic E-state index is -4.96. The molecule has 0 unspecified atom stereocenters. The standard InChI is InChI=1S/C17H12F3N3OS/c1-23(16(24)17(18,19)20)15-13(11-6-3-2-4-7-11)22-14(25-15)12-8-5-9-21-10-12/h2-10H,1H3. The SMILES string of the molecule is CN(C(=O)C(F)(F)F)c1sc(-c2cccnc2)nc1-c1ccccc1. The molecule has 0 saturated heterocycles. The van der Waals surface area contributed by atoms with Crippen molar-refractivity contribution in [3.63, 3.8) is 0 Å². The lowest BCUT2D eigenvalue weighted by atomic mass is 10.1. The molecule has 2 heterocycles. The van der Waals surface area contributed by atoms with Gasteiger partial charge in [-0.1, -0.05) is 41.7 Å². The van der Waals surface area contributed by atoms with Crippen LogP contribution in [0.4, 0.5) is 18.2 Å². The third-order valence-electron chi connectivity index (χ3n) is 3.42. The Morgan fingerprint density at radius 2 is 1.76 bits per heavy atom. The quantitative estimate of drug-likeness (QED) is 0.693. The summed E-state index contributed by atoms with van der Waals surface area (Å²) < 4.78 is 38.5. The zero-order chi connectivity index (χ0) is 18.0. The second-order valence-electron chi connectivity index (χ2n) is 5.14. The molecule has 0 bridgehead atoms. The summed E-state index contributed by atoms with van der Waals surface area (Å²) in [6.07, 6.45) is -1.79. The number of rotatable bonds is 3. The van der Waals surface area contributed by atoms with E-state index in [2.05, 4.69) is 9.97 Å². The van der Waals surface area contributed by atoms with Crippen LogP contribution in [0.1, 0.15) is 0 Å². The van der Waals surface area contributed by atoms with Gasteiger partial charge in [0.1, 0.15) is 15.7 Å². The monoisotopic (exact) mass is 363 g/mol. The fraction of sp³-hybridized carbons (Fsp3) is 0.118. The Bertz CT molecular complexity index is 879. The van der Waals surface area contributed by atoms with E-state index in [1.165, 1.54) is 0 Å². The van der Waals surface area contributed by atoms with Crippen LogP contribution in [0.25, 0.3) is 21.8 Å². The summed E-state index contributed by atoms with van der Waals surface area (Å²) in [5.74, 6) is -1.94. The van der Waals surface area contributed by atoms with Gasteiger partial charge < -0.3 is 0 Å². The number of amides is 1. The average Bonchev–Trinajstić information content (AvgIpc) is 3.06. The largest absolute Gasteiger partial charge is 0.471 e. The van der Waals surface area contributed by atoms with Crippen LogP contribution in [-0.4, -0.2) is 29.1 Å². The van der Waals surface area contributed by atoms with Gasteiger partial charge in [-0.2, -0.15) is 13.2 Å². The number of benzene rings is 1. The summed E-state index contributed by atoms with van der Waals surface area (Å²) in [5.41, 5.74) is 1.62. The molecule has 1 amide bonds. The minimum absolute atomic E-state index is 0.132. The summed E-state index contributed by atoms with van der Waals surface area (Å²) in [5, 5.41) is 0.621. The fourth-order valence-electron chi connectivity index (χ4n) is 2.22. The molecular weight excluding hydrogens is 351 g/mol. The molecule has 0 aliphatic rings. The fourth-order valence-corrected chi connectivity index (χ4v) is 3.26. The molecule has 3 aromatic rings. The van der Waals surface area contributed by atoms with Crippen LogP contribution in [-0.2, 0) is 4.79 Å². The first kappa shape index (κ1) is 17.1. The Labute approximate surface area is 145 Å². The number of alkyl halides is 3. The second-order valence-corrected chi connectivity index (χ2v) is 6.12. The average molecular weight is 363 g/mol. The number of anilines is 1. The first-order chi connectivity index (χ1) is 11.9. The van der Waals surface area contributed by atoms with Crippen LogP contribution in [0, 0.1) is 0 Å². The number of thiazole rings is 1. The molecular formula is C17H12F3N3OS. The molecule has 1 aromatic carbocycles. The van der Waals surface area contributed by atoms with Crippen molar-refractivity contribution in [2.24, 2.45) is 0 Å². The lowest BCUT2D eigenvalue weighted by Crippen LogP contribution is -2.38. The maximum Gasteiger partial charge on any atom is 0.471 e. The molecule has 0 aliphatic carbocycles. The molecule has 0 radical (unpaired) electrons. The Kier molecular flexibility index (Phi) is 4.54. The number of aromatic nitrogens is 2. The number of halogens is 3. The Hall–Kier alpha value is -2.74. The number of carbonyl (C=O) groups is 1. The minimum Gasteiger partial charge on any atom is -0.297 e. The summed E-state index contributed by atoms with van der Waals surface area (Å²) in [4.78, 5) is 20.7. The maximum absolute atomic E-state index is 12.8. The first-order valence-corrected chi connectivity index (χ1v) is 8.01. The van der Waals surface area contributed by atoms with E-state index in [1.807, 2.05) is 0 Å². The van der Waals surface area contributed by atoms with Gasteiger partial charge in [-0.3, -0.25) is 14.7 Å². The van der Waals surface area contributed by atoms with Crippen LogP contribution in [0.5, 0.6) is 0 Å². The number of hydrogen-bond acceptors (Lipinski definition) is 4. The maximum atomic E-state index is 12.8.